The van der Waals surface area contributed by atoms with Crippen LogP contribution in [0.4, 0.5) is 10.2 Å². The molecule has 0 spiro atoms. The largest absolute Gasteiger partial charge is 0.352 e. The van der Waals surface area contributed by atoms with Crippen molar-refractivity contribution < 1.29 is 4.39 Å². The van der Waals surface area contributed by atoms with Crippen LogP contribution in [0.1, 0.15) is 17.5 Å². The topological polar surface area (TPSA) is 55.8 Å². The van der Waals surface area contributed by atoms with E-state index in [2.05, 4.69) is 63.9 Å². The second-order valence-corrected chi connectivity index (χ2v) is 7.36. The Morgan fingerprint density at radius 1 is 1.25 bits per heavy atom. The van der Waals surface area contributed by atoms with E-state index in [1.807, 2.05) is 4.90 Å². The van der Waals surface area contributed by atoms with Crippen LogP contribution in [-0.2, 0) is 13.1 Å². The van der Waals surface area contributed by atoms with Gasteiger partial charge in [-0.25, -0.2) is 9.37 Å². The van der Waals surface area contributed by atoms with Crippen LogP contribution in [0.5, 0.6) is 0 Å². The van der Waals surface area contributed by atoms with Crippen molar-refractivity contribution in [1.82, 2.24) is 20.5 Å². The summed E-state index contributed by atoms with van der Waals surface area (Å²) in [5.74, 6) is 0.904. The predicted molar refractivity (Wildman–Crippen MR) is 112 cm³/mol. The van der Waals surface area contributed by atoms with Gasteiger partial charge in [0, 0.05) is 45.5 Å². The first-order valence-electron chi connectivity index (χ1n) is 9.60. The van der Waals surface area contributed by atoms with E-state index in [1.165, 1.54) is 17.2 Å². The van der Waals surface area contributed by atoms with Gasteiger partial charge in [-0.15, -0.1) is 0 Å². The molecule has 1 unspecified atom stereocenters. The van der Waals surface area contributed by atoms with Crippen LogP contribution >= 0.6 is 0 Å². The molecule has 2 heterocycles. The summed E-state index contributed by atoms with van der Waals surface area (Å²) in [6.07, 6.45) is 2.54. The molecular weight excluding hydrogens is 355 g/mol. The first kappa shape index (κ1) is 20.1. The highest BCUT2D eigenvalue weighted by molar-refractivity contribution is 5.80. The maximum Gasteiger partial charge on any atom is 0.191 e. The summed E-state index contributed by atoms with van der Waals surface area (Å²) in [6, 6.07) is 11.9. The molecule has 0 bridgehead atoms. The number of hydrogen-bond acceptors (Lipinski definition) is 4. The standard InChI is InChI=1S/C21H29FN6/c1-23-21(25-13-16-6-8-17(9-7-16)14-27(2)3)26-18-10-12-28(15-18)20-19(22)5-4-11-24-20/h4-9,11,18H,10,12-15H2,1-3H3,(H2,23,25,26). The number of aromatic nitrogens is 1. The van der Waals surface area contributed by atoms with Crippen molar-refractivity contribution in [2.75, 3.05) is 39.1 Å². The van der Waals surface area contributed by atoms with E-state index in [-0.39, 0.29) is 11.9 Å². The van der Waals surface area contributed by atoms with Gasteiger partial charge in [0.2, 0.25) is 0 Å². The zero-order valence-electron chi connectivity index (χ0n) is 16.8. The summed E-state index contributed by atoms with van der Waals surface area (Å²) < 4.78 is 13.9. The highest BCUT2D eigenvalue weighted by Gasteiger charge is 2.25. The highest BCUT2D eigenvalue weighted by atomic mass is 19.1. The fourth-order valence-corrected chi connectivity index (χ4v) is 3.38. The SMILES string of the molecule is CN=C(NCc1ccc(CN(C)C)cc1)NC1CCN(c2ncccc2F)C1. The number of nitrogens with one attached hydrogen (secondary N) is 2. The molecule has 1 aromatic carbocycles. The van der Waals surface area contributed by atoms with Gasteiger partial charge in [0.1, 0.15) is 0 Å². The van der Waals surface area contributed by atoms with Crippen molar-refractivity contribution in [2.24, 2.45) is 4.99 Å². The molecule has 1 aromatic heterocycles. The lowest BCUT2D eigenvalue weighted by molar-refractivity contribution is 0.402. The molecule has 6 nitrogen and oxygen atoms in total. The fraction of sp³-hybridized carbons (Fsp3) is 0.429. The van der Waals surface area contributed by atoms with E-state index >= 15 is 0 Å². The van der Waals surface area contributed by atoms with Crippen LogP contribution < -0.4 is 15.5 Å². The van der Waals surface area contributed by atoms with Crippen LogP contribution in [0.3, 0.4) is 0 Å². The van der Waals surface area contributed by atoms with E-state index < -0.39 is 0 Å². The van der Waals surface area contributed by atoms with Crippen LogP contribution in [0.25, 0.3) is 0 Å². The second kappa shape index (κ2) is 9.50. The minimum absolute atomic E-state index is 0.204. The van der Waals surface area contributed by atoms with Crippen molar-refractivity contribution in [3.05, 3.63) is 59.5 Å². The van der Waals surface area contributed by atoms with E-state index in [4.69, 9.17) is 0 Å². The number of nitrogens with zero attached hydrogens (tertiary/aromatic N) is 4. The molecule has 0 saturated carbocycles. The van der Waals surface area contributed by atoms with E-state index in [0.29, 0.717) is 18.9 Å². The maximum absolute atomic E-state index is 13.9. The molecule has 2 N–H and O–H groups in total. The summed E-state index contributed by atoms with van der Waals surface area (Å²) in [7, 11) is 5.90. The lowest BCUT2D eigenvalue weighted by Gasteiger charge is -2.20. The number of halogens is 1. The van der Waals surface area contributed by atoms with Crippen molar-refractivity contribution in [3.63, 3.8) is 0 Å². The van der Waals surface area contributed by atoms with Gasteiger partial charge in [-0.05, 0) is 43.8 Å². The Kier molecular flexibility index (Phi) is 6.81. The van der Waals surface area contributed by atoms with Crippen molar-refractivity contribution in [1.29, 1.82) is 0 Å². The third-order valence-electron chi connectivity index (χ3n) is 4.77. The quantitative estimate of drug-likeness (QED) is 0.591. The lowest BCUT2D eigenvalue weighted by Crippen LogP contribution is -2.44. The molecular formula is C21H29FN6. The molecule has 2 aromatic rings. The van der Waals surface area contributed by atoms with Crippen LogP contribution in [0, 0.1) is 5.82 Å². The molecule has 0 aliphatic carbocycles. The number of hydrogen-bond donors (Lipinski definition) is 2. The van der Waals surface area contributed by atoms with Crippen molar-refractivity contribution in [2.45, 2.75) is 25.6 Å². The monoisotopic (exact) mass is 384 g/mol. The third-order valence-corrected chi connectivity index (χ3v) is 4.77. The number of benzene rings is 1. The van der Waals surface area contributed by atoms with Crippen LogP contribution in [0.2, 0.25) is 0 Å². The van der Waals surface area contributed by atoms with Gasteiger partial charge in [-0.1, -0.05) is 24.3 Å². The summed E-state index contributed by atoms with van der Waals surface area (Å²) in [5.41, 5.74) is 2.50. The molecule has 3 rings (SSSR count). The highest BCUT2D eigenvalue weighted by Crippen LogP contribution is 2.20. The Balaban J connectivity index is 1.49. The molecule has 0 radical (unpaired) electrons. The summed E-state index contributed by atoms with van der Waals surface area (Å²) in [5, 5.41) is 6.79. The second-order valence-electron chi connectivity index (χ2n) is 7.36. The number of guanidine groups is 1. The Bertz CT molecular complexity index is 790. The van der Waals surface area contributed by atoms with Gasteiger partial charge in [-0.2, -0.15) is 0 Å². The normalized spacial score (nSPS) is 17.2. The average Bonchev–Trinajstić information content (AvgIpc) is 3.14. The summed E-state index contributed by atoms with van der Waals surface area (Å²) in [6.45, 7) is 3.11. The van der Waals surface area contributed by atoms with Gasteiger partial charge in [-0.3, -0.25) is 4.99 Å². The number of rotatable bonds is 6. The van der Waals surface area contributed by atoms with Gasteiger partial charge in [0.15, 0.2) is 17.6 Å². The van der Waals surface area contributed by atoms with Gasteiger partial charge < -0.3 is 20.4 Å². The van der Waals surface area contributed by atoms with Crippen molar-refractivity contribution in [3.8, 4) is 0 Å². The van der Waals surface area contributed by atoms with Crippen LogP contribution in [0.15, 0.2) is 47.6 Å². The predicted octanol–water partition coefficient (Wildman–Crippen LogP) is 2.23. The lowest BCUT2D eigenvalue weighted by atomic mass is 10.1. The number of pyridine rings is 1. The fourth-order valence-electron chi connectivity index (χ4n) is 3.38. The molecule has 0 amide bonds. The number of anilines is 1. The molecule has 1 aliphatic rings. The third kappa shape index (κ3) is 5.42. The van der Waals surface area contributed by atoms with E-state index in [1.54, 1.807) is 19.3 Å². The number of aliphatic imine (C=N–C) groups is 1. The zero-order valence-corrected chi connectivity index (χ0v) is 16.8. The Morgan fingerprint density at radius 2 is 2.00 bits per heavy atom. The smallest absolute Gasteiger partial charge is 0.191 e. The van der Waals surface area contributed by atoms with Gasteiger partial charge >= 0.3 is 0 Å². The maximum atomic E-state index is 13.9. The molecule has 1 fully saturated rings. The van der Waals surface area contributed by atoms with Gasteiger partial charge in [0.05, 0.1) is 0 Å². The first-order valence-corrected chi connectivity index (χ1v) is 9.60. The molecule has 1 saturated heterocycles. The average molecular weight is 385 g/mol. The van der Waals surface area contributed by atoms with Crippen molar-refractivity contribution >= 4 is 11.8 Å². The Hall–Kier alpha value is -2.67. The molecule has 28 heavy (non-hydrogen) atoms. The molecule has 7 heteroatoms. The minimum atomic E-state index is -0.275. The van der Waals surface area contributed by atoms with E-state index in [9.17, 15) is 4.39 Å². The minimum Gasteiger partial charge on any atom is -0.352 e. The molecule has 1 aliphatic heterocycles. The summed E-state index contributed by atoms with van der Waals surface area (Å²) >= 11 is 0. The van der Waals surface area contributed by atoms with Gasteiger partial charge in [0.25, 0.3) is 0 Å². The Morgan fingerprint density at radius 3 is 2.68 bits per heavy atom. The van der Waals surface area contributed by atoms with Crippen LogP contribution in [-0.4, -0.2) is 56.1 Å². The van der Waals surface area contributed by atoms with E-state index in [0.717, 1.165) is 25.5 Å². The Labute approximate surface area is 166 Å². The zero-order chi connectivity index (χ0) is 19.9. The molecule has 1 atom stereocenters. The molecule has 150 valence electrons. The summed E-state index contributed by atoms with van der Waals surface area (Å²) in [4.78, 5) is 12.6. The first-order chi connectivity index (χ1) is 13.5.